The summed E-state index contributed by atoms with van der Waals surface area (Å²) in [6.45, 7) is 3.03. The van der Waals surface area contributed by atoms with Crippen LogP contribution in [-0.4, -0.2) is 28.6 Å². The van der Waals surface area contributed by atoms with Gasteiger partial charge in [-0.3, -0.25) is 14.2 Å². The molecule has 0 saturated heterocycles. The van der Waals surface area contributed by atoms with Crippen molar-refractivity contribution in [2.75, 3.05) is 13.2 Å². The van der Waals surface area contributed by atoms with Gasteiger partial charge < -0.3 is 15.0 Å². The first-order chi connectivity index (χ1) is 13.0. The molecule has 2 N–H and O–H groups in total. The van der Waals surface area contributed by atoms with Gasteiger partial charge in [0.05, 0.1) is 17.5 Å². The molecule has 0 aliphatic carbocycles. The monoisotopic (exact) mass is 383 g/mol. The Balaban J connectivity index is 1.57. The van der Waals surface area contributed by atoms with E-state index in [9.17, 15) is 9.59 Å². The molecule has 0 spiro atoms. The van der Waals surface area contributed by atoms with Gasteiger partial charge in [-0.15, -0.1) is 0 Å². The highest BCUT2D eigenvalue weighted by molar-refractivity contribution is 7.71. The molecule has 0 aliphatic heterocycles. The first kappa shape index (κ1) is 18.8. The molecule has 0 unspecified atom stereocenters. The fraction of sp³-hybridized carbons (Fsp3) is 0.250. The van der Waals surface area contributed by atoms with Crippen molar-refractivity contribution in [1.82, 2.24) is 14.9 Å². The van der Waals surface area contributed by atoms with Gasteiger partial charge in [-0.25, -0.2) is 0 Å². The normalized spacial score (nSPS) is 10.7. The number of rotatable bonds is 6. The standard InChI is InChI=1S/C20H21N3O3S/c1-13-5-3-6-15(11-13)26-10-4-9-21-18(24)14-7-8-16-17(12-14)22-20(27)23(2)19(16)25/h3,5-8,11-12H,4,9-10H2,1-2H3,(H,21,24)(H,22,27). The van der Waals surface area contributed by atoms with Gasteiger partial charge in [0.1, 0.15) is 5.75 Å². The average molecular weight is 383 g/mol. The van der Waals surface area contributed by atoms with Crippen molar-refractivity contribution in [2.45, 2.75) is 13.3 Å². The maximum absolute atomic E-state index is 12.3. The summed E-state index contributed by atoms with van der Waals surface area (Å²) < 4.78 is 7.35. The number of aromatic nitrogens is 2. The van der Waals surface area contributed by atoms with Crippen LogP contribution in [0, 0.1) is 11.7 Å². The molecule has 6 nitrogen and oxygen atoms in total. The molecule has 1 aromatic heterocycles. The number of ether oxygens (including phenoxy) is 1. The third kappa shape index (κ3) is 4.43. The largest absolute Gasteiger partial charge is 0.494 e. The molecule has 1 heterocycles. The predicted octanol–water partition coefficient (Wildman–Crippen LogP) is 3.10. The summed E-state index contributed by atoms with van der Waals surface area (Å²) in [5.41, 5.74) is 1.99. The van der Waals surface area contributed by atoms with E-state index in [0.29, 0.717) is 40.8 Å². The van der Waals surface area contributed by atoms with Crippen LogP contribution in [-0.2, 0) is 7.05 Å². The third-order valence-electron chi connectivity index (χ3n) is 4.23. The fourth-order valence-electron chi connectivity index (χ4n) is 2.72. The Morgan fingerprint density at radius 1 is 1.26 bits per heavy atom. The van der Waals surface area contributed by atoms with Crippen LogP contribution in [0.3, 0.4) is 0 Å². The van der Waals surface area contributed by atoms with Gasteiger partial charge in [-0.2, -0.15) is 0 Å². The van der Waals surface area contributed by atoms with Gasteiger partial charge >= 0.3 is 0 Å². The molecule has 0 bridgehead atoms. The summed E-state index contributed by atoms with van der Waals surface area (Å²) in [6, 6.07) is 12.8. The van der Waals surface area contributed by atoms with Crippen LogP contribution in [0.15, 0.2) is 47.3 Å². The van der Waals surface area contributed by atoms with Crippen molar-refractivity contribution >= 4 is 29.0 Å². The van der Waals surface area contributed by atoms with Crippen molar-refractivity contribution in [3.63, 3.8) is 0 Å². The molecule has 2 aromatic carbocycles. The summed E-state index contributed by atoms with van der Waals surface area (Å²) in [7, 11) is 1.61. The van der Waals surface area contributed by atoms with Crippen LogP contribution in [0.1, 0.15) is 22.3 Å². The van der Waals surface area contributed by atoms with E-state index in [1.807, 2.05) is 31.2 Å². The number of aromatic amines is 1. The SMILES string of the molecule is Cc1cccc(OCCCNC(=O)c2ccc3c(=O)n(C)c(=S)[nH]c3c2)c1. The van der Waals surface area contributed by atoms with Crippen LogP contribution >= 0.6 is 12.2 Å². The Kier molecular flexibility index (Phi) is 5.71. The Morgan fingerprint density at radius 2 is 2.07 bits per heavy atom. The van der Waals surface area contributed by atoms with E-state index in [2.05, 4.69) is 10.3 Å². The van der Waals surface area contributed by atoms with E-state index in [1.165, 1.54) is 4.57 Å². The van der Waals surface area contributed by atoms with Gasteiger partial charge in [-0.05, 0) is 61.5 Å². The number of hydrogen-bond acceptors (Lipinski definition) is 4. The molecule has 140 valence electrons. The fourth-order valence-corrected chi connectivity index (χ4v) is 2.91. The van der Waals surface area contributed by atoms with Crippen LogP contribution < -0.4 is 15.6 Å². The second kappa shape index (κ2) is 8.18. The molecule has 0 saturated carbocycles. The van der Waals surface area contributed by atoms with E-state index in [-0.39, 0.29) is 11.5 Å². The Labute approximate surface area is 161 Å². The minimum atomic E-state index is -0.201. The van der Waals surface area contributed by atoms with Crippen molar-refractivity contribution in [2.24, 2.45) is 7.05 Å². The van der Waals surface area contributed by atoms with E-state index >= 15 is 0 Å². The lowest BCUT2D eigenvalue weighted by Gasteiger charge is -2.09. The Bertz CT molecular complexity index is 1100. The Hall–Kier alpha value is -2.93. The quantitative estimate of drug-likeness (QED) is 0.507. The third-order valence-corrected chi connectivity index (χ3v) is 4.60. The minimum absolute atomic E-state index is 0.186. The number of aryl methyl sites for hydroxylation is 1. The van der Waals surface area contributed by atoms with E-state index < -0.39 is 0 Å². The zero-order chi connectivity index (χ0) is 19.4. The first-order valence-corrected chi connectivity index (χ1v) is 9.07. The molecular formula is C20H21N3O3S. The highest BCUT2D eigenvalue weighted by atomic mass is 32.1. The summed E-state index contributed by atoms with van der Waals surface area (Å²) in [4.78, 5) is 27.5. The van der Waals surface area contributed by atoms with Gasteiger partial charge in [0.15, 0.2) is 4.77 Å². The lowest BCUT2D eigenvalue weighted by atomic mass is 10.1. The number of hydrogen-bond donors (Lipinski definition) is 2. The molecule has 3 rings (SSSR count). The molecule has 0 fully saturated rings. The highest BCUT2D eigenvalue weighted by Crippen LogP contribution is 2.13. The summed E-state index contributed by atoms with van der Waals surface area (Å²) in [5, 5.41) is 3.35. The highest BCUT2D eigenvalue weighted by Gasteiger charge is 2.09. The molecule has 0 atom stereocenters. The van der Waals surface area contributed by atoms with Crippen molar-refractivity contribution < 1.29 is 9.53 Å². The number of H-pyrrole nitrogens is 1. The van der Waals surface area contributed by atoms with Gasteiger partial charge in [0.2, 0.25) is 0 Å². The number of nitrogens with one attached hydrogen (secondary N) is 2. The first-order valence-electron chi connectivity index (χ1n) is 8.66. The van der Waals surface area contributed by atoms with Crippen molar-refractivity contribution in [3.8, 4) is 5.75 Å². The molecular weight excluding hydrogens is 362 g/mol. The smallest absolute Gasteiger partial charge is 0.261 e. The number of fused-ring (bicyclic) bond motifs is 1. The topological polar surface area (TPSA) is 76.1 Å². The van der Waals surface area contributed by atoms with E-state index in [4.69, 9.17) is 17.0 Å². The number of nitrogens with zero attached hydrogens (tertiary/aromatic N) is 1. The summed E-state index contributed by atoms with van der Waals surface area (Å²) >= 11 is 5.12. The van der Waals surface area contributed by atoms with Gasteiger partial charge in [-0.1, -0.05) is 12.1 Å². The zero-order valence-electron chi connectivity index (χ0n) is 15.2. The predicted molar refractivity (Wildman–Crippen MR) is 108 cm³/mol. The average Bonchev–Trinajstić information content (AvgIpc) is 2.65. The maximum atomic E-state index is 12.3. The molecule has 1 amide bonds. The number of benzene rings is 2. The summed E-state index contributed by atoms with van der Waals surface area (Å²) in [6.07, 6.45) is 0.691. The van der Waals surface area contributed by atoms with E-state index in [1.54, 1.807) is 25.2 Å². The van der Waals surface area contributed by atoms with Crippen LogP contribution in [0.4, 0.5) is 0 Å². The van der Waals surface area contributed by atoms with Gasteiger partial charge in [0, 0.05) is 19.2 Å². The van der Waals surface area contributed by atoms with Crippen LogP contribution in [0.2, 0.25) is 0 Å². The summed E-state index contributed by atoms with van der Waals surface area (Å²) in [5.74, 6) is 0.625. The van der Waals surface area contributed by atoms with Crippen molar-refractivity contribution in [3.05, 3.63) is 68.7 Å². The van der Waals surface area contributed by atoms with Crippen LogP contribution in [0.25, 0.3) is 10.9 Å². The maximum Gasteiger partial charge on any atom is 0.261 e. The second-order valence-electron chi connectivity index (χ2n) is 6.33. The lowest BCUT2D eigenvalue weighted by Crippen LogP contribution is -2.26. The molecule has 0 aliphatic rings. The lowest BCUT2D eigenvalue weighted by molar-refractivity contribution is 0.0951. The molecule has 7 heteroatoms. The molecule has 0 radical (unpaired) electrons. The Morgan fingerprint density at radius 3 is 2.85 bits per heavy atom. The van der Waals surface area contributed by atoms with Crippen LogP contribution in [0.5, 0.6) is 5.75 Å². The molecule has 3 aromatic rings. The number of carbonyl (C=O) groups excluding carboxylic acids is 1. The zero-order valence-corrected chi connectivity index (χ0v) is 16.1. The minimum Gasteiger partial charge on any atom is -0.494 e. The van der Waals surface area contributed by atoms with Crippen molar-refractivity contribution in [1.29, 1.82) is 0 Å². The van der Waals surface area contributed by atoms with E-state index in [0.717, 1.165) is 11.3 Å². The second-order valence-corrected chi connectivity index (χ2v) is 6.72. The molecule has 27 heavy (non-hydrogen) atoms. The number of amides is 1. The number of carbonyl (C=O) groups is 1. The van der Waals surface area contributed by atoms with Gasteiger partial charge in [0.25, 0.3) is 11.5 Å².